The fraction of sp³-hybridized carbons (Fsp3) is 0.300. The lowest BCUT2D eigenvalue weighted by molar-refractivity contribution is 0.627. The Morgan fingerprint density at radius 2 is 2.36 bits per heavy atom. The molecule has 0 aliphatic carbocycles. The van der Waals surface area contributed by atoms with Crippen LogP contribution in [-0.2, 0) is 0 Å². The van der Waals surface area contributed by atoms with Gasteiger partial charge in [0.05, 0.1) is 6.54 Å². The highest BCUT2D eigenvalue weighted by Crippen LogP contribution is 2.19. The highest BCUT2D eigenvalue weighted by molar-refractivity contribution is 8.14. The zero-order valence-corrected chi connectivity index (χ0v) is 8.70. The van der Waals surface area contributed by atoms with Gasteiger partial charge in [0, 0.05) is 11.4 Å². The van der Waals surface area contributed by atoms with E-state index in [0.717, 1.165) is 28.7 Å². The summed E-state index contributed by atoms with van der Waals surface area (Å²) in [6.07, 6.45) is 0. The quantitative estimate of drug-likeness (QED) is 0.770. The molecule has 74 valence electrons. The predicted octanol–water partition coefficient (Wildman–Crippen LogP) is 2.65. The number of halogens is 1. The molecule has 0 fully saturated rings. The minimum Gasteiger partial charge on any atom is -0.335 e. The van der Waals surface area contributed by atoms with Gasteiger partial charge < -0.3 is 5.32 Å². The second kappa shape index (κ2) is 4.00. The zero-order valence-electron chi connectivity index (χ0n) is 7.88. The van der Waals surface area contributed by atoms with E-state index in [-0.39, 0.29) is 5.82 Å². The number of nitrogens with one attached hydrogen (secondary N) is 1. The molecule has 2 nitrogen and oxygen atoms in total. The van der Waals surface area contributed by atoms with Crippen LogP contribution >= 0.6 is 11.8 Å². The minimum atomic E-state index is -0.200. The van der Waals surface area contributed by atoms with Gasteiger partial charge in [0.15, 0.2) is 5.17 Å². The van der Waals surface area contributed by atoms with Crippen LogP contribution in [-0.4, -0.2) is 17.5 Å². The molecule has 0 saturated heterocycles. The van der Waals surface area contributed by atoms with Gasteiger partial charge in [-0.3, -0.25) is 4.99 Å². The van der Waals surface area contributed by atoms with Crippen LogP contribution in [0.5, 0.6) is 0 Å². The Morgan fingerprint density at radius 1 is 1.50 bits per heavy atom. The van der Waals surface area contributed by atoms with Crippen LogP contribution in [0.25, 0.3) is 0 Å². The molecule has 0 atom stereocenters. The number of anilines is 1. The maximum atomic E-state index is 12.8. The van der Waals surface area contributed by atoms with E-state index in [2.05, 4.69) is 10.3 Å². The SMILES string of the molecule is Cc1cc(F)ccc1NC1=NCCS1. The average Bonchev–Trinajstić information content (AvgIpc) is 2.62. The highest BCUT2D eigenvalue weighted by atomic mass is 32.2. The van der Waals surface area contributed by atoms with E-state index < -0.39 is 0 Å². The summed E-state index contributed by atoms with van der Waals surface area (Å²) in [4.78, 5) is 4.27. The first-order chi connectivity index (χ1) is 6.75. The second-order valence-corrected chi connectivity index (χ2v) is 4.20. The van der Waals surface area contributed by atoms with Crippen LogP contribution in [0.2, 0.25) is 0 Å². The van der Waals surface area contributed by atoms with E-state index in [4.69, 9.17) is 0 Å². The highest BCUT2D eigenvalue weighted by Gasteiger charge is 2.08. The van der Waals surface area contributed by atoms with E-state index in [1.807, 2.05) is 6.92 Å². The first-order valence-electron chi connectivity index (χ1n) is 4.46. The van der Waals surface area contributed by atoms with Gasteiger partial charge in [-0.25, -0.2) is 4.39 Å². The van der Waals surface area contributed by atoms with Gasteiger partial charge >= 0.3 is 0 Å². The lowest BCUT2D eigenvalue weighted by Gasteiger charge is -2.07. The molecule has 1 aromatic carbocycles. The Balaban J connectivity index is 2.16. The molecule has 0 spiro atoms. The van der Waals surface area contributed by atoms with Crippen LogP contribution in [0.1, 0.15) is 5.56 Å². The third-order valence-electron chi connectivity index (χ3n) is 2.02. The Labute approximate surface area is 86.6 Å². The minimum absolute atomic E-state index is 0.200. The zero-order chi connectivity index (χ0) is 9.97. The summed E-state index contributed by atoms with van der Waals surface area (Å²) in [6, 6.07) is 4.71. The van der Waals surface area contributed by atoms with Gasteiger partial charge in [0.2, 0.25) is 0 Å². The molecule has 1 N–H and O–H groups in total. The molecule has 0 aromatic heterocycles. The third-order valence-corrected chi connectivity index (χ3v) is 2.91. The lowest BCUT2D eigenvalue weighted by Crippen LogP contribution is -2.06. The van der Waals surface area contributed by atoms with Crippen LogP contribution < -0.4 is 5.32 Å². The summed E-state index contributed by atoms with van der Waals surface area (Å²) in [7, 11) is 0. The van der Waals surface area contributed by atoms with Gasteiger partial charge in [-0.05, 0) is 30.7 Å². The maximum absolute atomic E-state index is 12.8. The number of aliphatic imine (C=N–C) groups is 1. The first-order valence-corrected chi connectivity index (χ1v) is 5.45. The van der Waals surface area contributed by atoms with Gasteiger partial charge in [-0.1, -0.05) is 11.8 Å². The van der Waals surface area contributed by atoms with Gasteiger partial charge in [-0.15, -0.1) is 0 Å². The van der Waals surface area contributed by atoms with Crippen LogP contribution in [0, 0.1) is 12.7 Å². The molecule has 1 heterocycles. The summed E-state index contributed by atoms with van der Waals surface area (Å²) >= 11 is 1.70. The van der Waals surface area contributed by atoms with Crippen molar-refractivity contribution in [3.63, 3.8) is 0 Å². The van der Waals surface area contributed by atoms with E-state index in [9.17, 15) is 4.39 Å². The number of amidine groups is 1. The molecule has 0 amide bonds. The summed E-state index contributed by atoms with van der Waals surface area (Å²) in [5.74, 6) is 0.830. The Bertz CT molecular complexity index is 376. The Morgan fingerprint density at radius 3 is 3.00 bits per heavy atom. The molecule has 1 aromatic rings. The van der Waals surface area contributed by atoms with Crippen molar-refractivity contribution in [2.75, 3.05) is 17.6 Å². The van der Waals surface area contributed by atoms with Crippen molar-refractivity contribution < 1.29 is 4.39 Å². The standard InChI is InChI=1S/C10H11FN2S/c1-7-6-8(11)2-3-9(7)13-10-12-4-5-14-10/h2-3,6H,4-5H2,1H3,(H,12,13). The van der Waals surface area contributed by atoms with Crippen LogP contribution in [0.15, 0.2) is 23.2 Å². The number of hydrogen-bond acceptors (Lipinski definition) is 3. The lowest BCUT2D eigenvalue weighted by atomic mass is 10.2. The molecule has 0 bridgehead atoms. The molecular formula is C10H11FN2S. The molecule has 1 aliphatic rings. The van der Waals surface area contributed by atoms with Gasteiger partial charge in [-0.2, -0.15) is 0 Å². The molecule has 2 rings (SSSR count). The molecular weight excluding hydrogens is 199 g/mol. The van der Waals surface area contributed by atoms with E-state index in [1.54, 1.807) is 17.8 Å². The normalized spacial score (nSPS) is 15.4. The molecule has 14 heavy (non-hydrogen) atoms. The predicted molar refractivity (Wildman–Crippen MR) is 59.5 cm³/mol. The van der Waals surface area contributed by atoms with Crippen molar-refractivity contribution in [1.29, 1.82) is 0 Å². The number of benzene rings is 1. The Hall–Kier alpha value is -1.03. The second-order valence-electron chi connectivity index (χ2n) is 3.12. The summed E-state index contributed by atoms with van der Waals surface area (Å²) in [5.41, 5.74) is 1.83. The van der Waals surface area contributed by atoms with Crippen LogP contribution in [0.4, 0.5) is 10.1 Å². The maximum Gasteiger partial charge on any atom is 0.161 e. The molecule has 0 unspecified atom stereocenters. The number of thioether (sulfide) groups is 1. The molecule has 1 aliphatic heterocycles. The fourth-order valence-electron chi connectivity index (χ4n) is 1.29. The first kappa shape index (κ1) is 9.52. The molecule has 4 heteroatoms. The van der Waals surface area contributed by atoms with Crippen molar-refractivity contribution >= 4 is 22.6 Å². The molecule has 0 radical (unpaired) electrons. The van der Waals surface area contributed by atoms with E-state index in [1.165, 1.54) is 12.1 Å². The summed E-state index contributed by atoms with van der Waals surface area (Å²) < 4.78 is 12.8. The van der Waals surface area contributed by atoms with E-state index in [0.29, 0.717) is 0 Å². The number of rotatable bonds is 1. The number of nitrogens with zero attached hydrogens (tertiary/aromatic N) is 1. The number of aryl methyl sites for hydroxylation is 1. The van der Waals surface area contributed by atoms with Crippen molar-refractivity contribution in [1.82, 2.24) is 0 Å². The molecule has 0 saturated carbocycles. The van der Waals surface area contributed by atoms with Crippen molar-refractivity contribution in [2.24, 2.45) is 4.99 Å². The topological polar surface area (TPSA) is 24.4 Å². The van der Waals surface area contributed by atoms with Gasteiger partial charge in [0.25, 0.3) is 0 Å². The van der Waals surface area contributed by atoms with Crippen molar-refractivity contribution in [2.45, 2.75) is 6.92 Å². The Kier molecular flexibility index (Phi) is 2.72. The van der Waals surface area contributed by atoms with Crippen molar-refractivity contribution in [3.8, 4) is 0 Å². The van der Waals surface area contributed by atoms with E-state index >= 15 is 0 Å². The third kappa shape index (κ3) is 2.07. The summed E-state index contributed by atoms with van der Waals surface area (Å²) in [5, 5.41) is 4.11. The monoisotopic (exact) mass is 210 g/mol. The largest absolute Gasteiger partial charge is 0.335 e. The fourth-order valence-corrected chi connectivity index (χ4v) is 2.03. The van der Waals surface area contributed by atoms with Gasteiger partial charge in [0.1, 0.15) is 5.82 Å². The smallest absolute Gasteiger partial charge is 0.161 e. The van der Waals surface area contributed by atoms with Crippen molar-refractivity contribution in [3.05, 3.63) is 29.6 Å². The average molecular weight is 210 g/mol. The number of hydrogen-bond donors (Lipinski definition) is 1. The summed E-state index contributed by atoms with van der Waals surface area (Å²) in [6.45, 7) is 2.75. The van der Waals surface area contributed by atoms with Crippen LogP contribution in [0.3, 0.4) is 0 Å².